The molecule has 10 nitrogen and oxygen atoms in total. The minimum Gasteiger partial charge on any atom is -0.494 e. The Balaban J connectivity index is 1.49. The molecule has 0 saturated carbocycles. The summed E-state index contributed by atoms with van der Waals surface area (Å²) >= 11 is 0. The van der Waals surface area contributed by atoms with Gasteiger partial charge in [-0.15, -0.1) is 0 Å². The second-order valence-electron chi connectivity index (χ2n) is 9.45. The molecule has 0 aliphatic carbocycles. The number of rotatable bonds is 8. The van der Waals surface area contributed by atoms with Crippen LogP contribution in [0, 0.1) is 6.92 Å². The molecule has 3 heterocycles. The molecule has 10 heteroatoms. The van der Waals surface area contributed by atoms with Gasteiger partial charge < -0.3 is 25.0 Å². The maximum atomic E-state index is 13.2. The Kier molecular flexibility index (Phi) is 7.29. The van der Waals surface area contributed by atoms with Crippen molar-refractivity contribution in [3.05, 3.63) is 83.3 Å². The summed E-state index contributed by atoms with van der Waals surface area (Å²) in [4.78, 5) is 36.4. The number of pyridine rings is 1. The average Bonchev–Trinajstić information content (AvgIpc) is 3.33. The quantitative estimate of drug-likeness (QED) is 0.331. The van der Waals surface area contributed by atoms with Crippen LogP contribution in [0.2, 0.25) is 0 Å². The Morgan fingerprint density at radius 2 is 2.05 bits per heavy atom. The molecular formula is C29H30N6O4. The van der Waals surface area contributed by atoms with Gasteiger partial charge in [0.05, 0.1) is 18.5 Å². The molecule has 1 amide bonds. The van der Waals surface area contributed by atoms with E-state index < -0.39 is 0 Å². The fourth-order valence-electron chi connectivity index (χ4n) is 4.63. The summed E-state index contributed by atoms with van der Waals surface area (Å²) < 4.78 is 13.2. The van der Waals surface area contributed by atoms with Crippen molar-refractivity contribution in [1.82, 2.24) is 19.4 Å². The molecule has 1 aliphatic heterocycles. The zero-order valence-corrected chi connectivity index (χ0v) is 22.1. The molecule has 1 saturated heterocycles. The van der Waals surface area contributed by atoms with Crippen molar-refractivity contribution in [1.29, 1.82) is 0 Å². The number of hydrogen-bond acceptors (Lipinski definition) is 8. The number of nitrogens with zero attached hydrogens (tertiary/aromatic N) is 4. The number of methoxy groups -OCH3 is 1. The van der Waals surface area contributed by atoms with E-state index in [9.17, 15) is 9.59 Å². The van der Waals surface area contributed by atoms with E-state index in [-0.39, 0.29) is 17.6 Å². The first-order chi connectivity index (χ1) is 18.8. The topological polar surface area (TPSA) is 111 Å². The number of carbonyl (C=O) groups excluding carboxylic acids is 1. The van der Waals surface area contributed by atoms with Crippen LogP contribution in [0.4, 0.5) is 17.3 Å². The van der Waals surface area contributed by atoms with E-state index in [4.69, 9.17) is 14.5 Å². The highest BCUT2D eigenvalue weighted by atomic mass is 16.5. The normalized spacial score (nSPS) is 15.2. The third kappa shape index (κ3) is 5.60. The molecule has 1 atom stereocenters. The van der Waals surface area contributed by atoms with Gasteiger partial charge in [0.25, 0.3) is 5.56 Å². The summed E-state index contributed by atoms with van der Waals surface area (Å²) in [6, 6.07) is 14.1. The molecule has 1 unspecified atom stereocenters. The molecule has 39 heavy (non-hydrogen) atoms. The van der Waals surface area contributed by atoms with Crippen LogP contribution in [0.15, 0.2) is 72.2 Å². The van der Waals surface area contributed by atoms with E-state index in [2.05, 4.69) is 34.1 Å². The third-order valence-corrected chi connectivity index (χ3v) is 6.59. The minimum atomic E-state index is -0.344. The number of aromatic nitrogens is 3. The van der Waals surface area contributed by atoms with Gasteiger partial charge in [-0.3, -0.25) is 14.2 Å². The summed E-state index contributed by atoms with van der Waals surface area (Å²) in [5, 5.41) is 6.65. The Bertz CT molecular complexity index is 1620. The van der Waals surface area contributed by atoms with E-state index in [1.54, 1.807) is 37.6 Å². The zero-order chi connectivity index (χ0) is 27.5. The van der Waals surface area contributed by atoms with Gasteiger partial charge in [0.2, 0.25) is 11.9 Å². The van der Waals surface area contributed by atoms with E-state index in [0.717, 1.165) is 36.2 Å². The lowest BCUT2D eigenvalue weighted by Gasteiger charge is -2.17. The number of anilines is 3. The van der Waals surface area contributed by atoms with Crippen molar-refractivity contribution in [3.63, 3.8) is 0 Å². The third-order valence-electron chi connectivity index (χ3n) is 6.59. The number of likely N-dealkylation sites (tertiary alicyclic amines) is 1. The van der Waals surface area contributed by atoms with Gasteiger partial charge in [-0.25, -0.2) is 4.98 Å². The summed E-state index contributed by atoms with van der Waals surface area (Å²) in [6.45, 7) is 7.22. The second-order valence-corrected chi connectivity index (χ2v) is 9.45. The van der Waals surface area contributed by atoms with Gasteiger partial charge in [0.1, 0.15) is 17.6 Å². The van der Waals surface area contributed by atoms with Crippen LogP contribution < -0.4 is 25.7 Å². The lowest BCUT2D eigenvalue weighted by Crippen LogP contribution is -2.21. The lowest BCUT2D eigenvalue weighted by molar-refractivity contribution is -0.111. The summed E-state index contributed by atoms with van der Waals surface area (Å²) in [6.07, 6.45) is 3.99. The molecule has 0 spiro atoms. The molecule has 0 bridgehead atoms. The number of ether oxygens (including phenoxy) is 2. The van der Waals surface area contributed by atoms with Crippen LogP contribution in [0.1, 0.15) is 12.0 Å². The number of hydrogen-bond donors (Lipinski definition) is 2. The van der Waals surface area contributed by atoms with Crippen LogP contribution in [0.25, 0.3) is 16.7 Å². The molecule has 0 radical (unpaired) electrons. The maximum Gasteiger partial charge on any atom is 0.257 e. The highest BCUT2D eigenvalue weighted by molar-refractivity contribution is 5.99. The predicted octanol–water partition coefficient (Wildman–Crippen LogP) is 4.05. The van der Waals surface area contributed by atoms with Crippen LogP contribution in [-0.2, 0) is 4.79 Å². The Morgan fingerprint density at radius 3 is 2.79 bits per heavy atom. The Labute approximate surface area is 225 Å². The SMILES string of the molecule is C=CC(=O)Nc1cccc(-n2c(=O)cc(C)c3cnc(Nc4ccc(OC5CCN(C)C5)cc4OC)nc32)c1. The first-order valence-corrected chi connectivity index (χ1v) is 12.6. The maximum absolute atomic E-state index is 13.2. The second kappa shape index (κ2) is 11.0. The number of fused-ring (bicyclic) bond motifs is 1. The van der Waals surface area contributed by atoms with E-state index in [1.807, 2.05) is 25.1 Å². The van der Waals surface area contributed by atoms with Gasteiger partial charge in [0, 0.05) is 42.5 Å². The highest BCUT2D eigenvalue weighted by Gasteiger charge is 2.21. The smallest absolute Gasteiger partial charge is 0.257 e. The van der Waals surface area contributed by atoms with Crippen LogP contribution in [0.3, 0.4) is 0 Å². The summed E-state index contributed by atoms with van der Waals surface area (Å²) in [5.74, 6) is 1.25. The zero-order valence-electron chi connectivity index (χ0n) is 22.1. The number of amides is 1. The number of nitrogens with one attached hydrogen (secondary N) is 2. The summed E-state index contributed by atoms with van der Waals surface area (Å²) in [7, 11) is 3.67. The monoisotopic (exact) mass is 526 g/mol. The van der Waals surface area contributed by atoms with Crippen LogP contribution >= 0.6 is 0 Å². The minimum absolute atomic E-state index is 0.144. The predicted molar refractivity (Wildman–Crippen MR) is 152 cm³/mol. The molecule has 2 aromatic carbocycles. The number of carbonyl (C=O) groups is 1. The fourth-order valence-corrected chi connectivity index (χ4v) is 4.63. The van der Waals surface area contributed by atoms with Crippen molar-refractivity contribution < 1.29 is 14.3 Å². The fraction of sp³-hybridized carbons (Fsp3) is 0.241. The number of aryl methyl sites for hydroxylation is 1. The standard InChI is InChI=1S/C29H30N6O4/c1-5-26(36)31-19-7-6-8-20(14-19)35-27(37)13-18(2)23-16-30-29(33-28(23)35)32-24-10-9-21(15-25(24)38-4)39-22-11-12-34(3)17-22/h5-10,13-16,22H,1,11-12,17H2,2-4H3,(H,31,36)(H,30,32,33). The van der Waals surface area contributed by atoms with Gasteiger partial charge in [-0.1, -0.05) is 12.6 Å². The van der Waals surface area contributed by atoms with Crippen molar-refractivity contribution in [2.24, 2.45) is 0 Å². The van der Waals surface area contributed by atoms with E-state index in [1.165, 1.54) is 16.7 Å². The van der Waals surface area contributed by atoms with Crippen molar-refractivity contribution in [2.45, 2.75) is 19.4 Å². The van der Waals surface area contributed by atoms with Crippen molar-refractivity contribution >= 4 is 34.3 Å². The molecule has 5 rings (SSSR count). The first kappa shape index (κ1) is 25.9. The first-order valence-electron chi connectivity index (χ1n) is 12.6. The molecule has 1 aliphatic rings. The average molecular weight is 527 g/mol. The van der Waals surface area contributed by atoms with Crippen LogP contribution in [-0.4, -0.2) is 58.7 Å². The Hall–Kier alpha value is -4.70. The number of likely N-dealkylation sites (N-methyl/N-ethyl adjacent to an activating group) is 1. The molecule has 200 valence electrons. The molecule has 1 fully saturated rings. The van der Waals surface area contributed by atoms with Crippen molar-refractivity contribution in [2.75, 3.05) is 37.9 Å². The lowest BCUT2D eigenvalue weighted by atomic mass is 10.2. The van der Waals surface area contributed by atoms with Gasteiger partial charge in [0.15, 0.2) is 5.65 Å². The molecule has 2 N–H and O–H groups in total. The van der Waals surface area contributed by atoms with E-state index >= 15 is 0 Å². The Morgan fingerprint density at radius 1 is 1.21 bits per heavy atom. The van der Waals surface area contributed by atoms with E-state index in [0.29, 0.717) is 34.4 Å². The van der Waals surface area contributed by atoms with Crippen molar-refractivity contribution in [3.8, 4) is 17.2 Å². The highest BCUT2D eigenvalue weighted by Crippen LogP contribution is 2.32. The largest absolute Gasteiger partial charge is 0.494 e. The van der Waals surface area contributed by atoms with Gasteiger partial charge >= 0.3 is 0 Å². The van der Waals surface area contributed by atoms with Gasteiger partial charge in [-0.05, 0) is 62.4 Å². The number of benzene rings is 2. The summed E-state index contributed by atoms with van der Waals surface area (Å²) in [5.41, 5.74) is 2.66. The molecule has 4 aromatic rings. The molecular weight excluding hydrogens is 496 g/mol. The molecule has 2 aromatic heterocycles. The van der Waals surface area contributed by atoms with Crippen LogP contribution in [0.5, 0.6) is 11.5 Å². The van der Waals surface area contributed by atoms with Gasteiger partial charge in [-0.2, -0.15) is 4.98 Å².